The Kier molecular flexibility index (Phi) is 7.65. The summed E-state index contributed by atoms with van der Waals surface area (Å²) in [5.41, 5.74) is 3.26. The van der Waals surface area contributed by atoms with Gasteiger partial charge >= 0.3 is 0 Å². The van der Waals surface area contributed by atoms with Gasteiger partial charge in [-0.05, 0) is 49.7 Å². The molecule has 1 aliphatic heterocycles. The zero-order valence-electron chi connectivity index (χ0n) is 15.7. The smallest absolute Gasteiger partial charge is 0.279 e. The predicted octanol–water partition coefficient (Wildman–Crippen LogP) is 1.12. The van der Waals surface area contributed by atoms with E-state index in [-0.39, 0.29) is 5.91 Å². The molecule has 0 radical (unpaired) electrons. The number of carbonyl (C=O) groups is 1. The second kappa shape index (κ2) is 9.73. The molecule has 0 spiro atoms. The average molecular weight is 364 g/mol. The lowest BCUT2D eigenvalue weighted by molar-refractivity contribution is -0.895. The summed E-state index contributed by atoms with van der Waals surface area (Å²) in [6.45, 7) is 11.4. The number of hydrogen-bond acceptors (Lipinski definition) is 2. The van der Waals surface area contributed by atoms with Gasteiger partial charge in [0.05, 0.1) is 26.2 Å². The zero-order valence-corrected chi connectivity index (χ0v) is 16.5. The average Bonchev–Trinajstić information content (AvgIpc) is 2.59. The van der Waals surface area contributed by atoms with E-state index in [9.17, 15) is 4.79 Å². The molecule has 3 N–H and O–H groups in total. The van der Waals surface area contributed by atoms with Crippen molar-refractivity contribution in [2.24, 2.45) is 0 Å². The number of nitrogens with zero attached hydrogens (tertiary/aromatic N) is 1. The Labute approximate surface area is 156 Å². The fraction of sp³-hybridized carbons (Fsp3) is 0.579. The minimum absolute atomic E-state index is 0.0841. The number of quaternary nitrogens is 1. The maximum absolute atomic E-state index is 12.4. The number of benzene rings is 1. The SMILES string of the molecule is CCCCNC(=S)N1CC[NH+](CC(=O)Nc2cccc(C)c2C)CC1. The summed E-state index contributed by atoms with van der Waals surface area (Å²) in [6.07, 6.45) is 2.31. The number of aryl methyl sites for hydroxylation is 1. The molecule has 138 valence electrons. The van der Waals surface area contributed by atoms with Crippen LogP contribution in [-0.2, 0) is 4.79 Å². The molecule has 5 nitrogen and oxygen atoms in total. The number of amides is 1. The van der Waals surface area contributed by atoms with E-state index in [4.69, 9.17) is 12.2 Å². The van der Waals surface area contributed by atoms with Gasteiger partial charge in [0.2, 0.25) is 0 Å². The van der Waals surface area contributed by atoms with Crippen LogP contribution in [0.25, 0.3) is 0 Å². The zero-order chi connectivity index (χ0) is 18.2. The van der Waals surface area contributed by atoms with Crippen molar-refractivity contribution in [3.05, 3.63) is 29.3 Å². The summed E-state index contributed by atoms with van der Waals surface area (Å²) in [5, 5.41) is 7.23. The van der Waals surface area contributed by atoms with Gasteiger partial charge in [0.25, 0.3) is 5.91 Å². The largest absolute Gasteiger partial charge is 0.363 e. The van der Waals surface area contributed by atoms with Crippen LogP contribution in [0.2, 0.25) is 0 Å². The van der Waals surface area contributed by atoms with Gasteiger partial charge in [0, 0.05) is 12.2 Å². The lowest BCUT2D eigenvalue weighted by Crippen LogP contribution is -3.15. The Morgan fingerprint density at radius 1 is 1.28 bits per heavy atom. The van der Waals surface area contributed by atoms with Crippen LogP contribution in [0.4, 0.5) is 5.69 Å². The van der Waals surface area contributed by atoms with Gasteiger partial charge in [0.1, 0.15) is 0 Å². The Hall–Kier alpha value is -1.66. The van der Waals surface area contributed by atoms with Gasteiger partial charge in [0.15, 0.2) is 11.7 Å². The highest BCUT2D eigenvalue weighted by Gasteiger charge is 2.23. The first-order valence-corrected chi connectivity index (χ1v) is 9.64. The highest BCUT2D eigenvalue weighted by atomic mass is 32.1. The maximum Gasteiger partial charge on any atom is 0.279 e. The molecule has 1 saturated heterocycles. The number of anilines is 1. The minimum atomic E-state index is 0.0841. The number of rotatable bonds is 6. The van der Waals surface area contributed by atoms with Crippen molar-refractivity contribution < 1.29 is 9.69 Å². The lowest BCUT2D eigenvalue weighted by atomic mass is 10.1. The third-order valence-electron chi connectivity index (χ3n) is 4.85. The normalized spacial score (nSPS) is 15.1. The molecule has 0 bridgehead atoms. The Morgan fingerprint density at radius 3 is 2.68 bits per heavy atom. The van der Waals surface area contributed by atoms with E-state index in [1.807, 2.05) is 19.1 Å². The number of nitrogens with one attached hydrogen (secondary N) is 3. The third-order valence-corrected chi connectivity index (χ3v) is 5.26. The Bertz CT molecular complexity index is 597. The van der Waals surface area contributed by atoms with Crippen molar-refractivity contribution in [1.29, 1.82) is 0 Å². The molecule has 1 fully saturated rings. The molecule has 1 aliphatic rings. The molecule has 1 heterocycles. The molecule has 0 aliphatic carbocycles. The standard InChI is InChI=1S/C19H30N4OS/c1-4-5-9-20-19(25)23-12-10-22(11-13-23)14-18(24)21-17-8-6-7-15(2)16(17)3/h6-8H,4-5,9-14H2,1-3H3,(H,20,25)(H,21,24)/p+1. The highest BCUT2D eigenvalue weighted by Crippen LogP contribution is 2.17. The first kappa shape index (κ1) is 19.7. The van der Waals surface area contributed by atoms with Crippen LogP contribution in [0.3, 0.4) is 0 Å². The summed E-state index contributed by atoms with van der Waals surface area (Å²) >= 11 is 5.45. The van der Waals surface area contributed by atoms with Gasteiger partial charge < -0.3 is 20.4 Å². The molecule has 0 aromatic heterocycles. The molecule has 1 aromatic rings. The van der Waals surface area contributed by atoms with Gasteiger partial charge in [-0.15, -0.1) is 0 Å². The topological polar surface area (TPSA) is 48.8 Å². The van der Waals surface area contributed by atoms with Crippen LogP contribution in [0, 0.1) is 13.8 Å². The first-order chi connectivity index (χ1) is 12.0. The molecule has 2 rings (SSSR count). The van der Waals surface area contributed by atoms with E-state index in [1.54, 1.807) is 0 Å². The van der Waals surface area contributed by atoms with Crippen molar-refractivity contribution in [3.63, 3.8) is 0 Å². The van der Waals surface area contributed by atoms with Crippen LogP contribution >= 0.6 is 12.2 Å². The van der Waals surface area contributed by atoms with Crippen LogP contribution < -0.4 is 15.5 Å². The molecule has 0 saturated carbocycles. The monoisotopic (exact) mass is 363 g/mol. The predicted molar refractivity (Wildman–Crippen MR) is 107 cm³/mol. The van der Waals surface area contributed by atoms with E-state index in [1.165, 1.54) is 16.9 Å². The number of carbonyl (C=O) groups excluding carboxylic acids is 1. The molecular formula is C19H31N4OS+. The van der Waals surface area contributed by atoms with Crippen molar-refractivity contribution in [2.75, 3.05) is 44.6 Å². The number of hydrogen-bond donors (Lipinski definition) is 3. The molecular weight excluding hydrogens is 332 g/mol. The van der Waals surface area contributed by atoms with E-state index >= 15 is 0 Å². The third kappa shape index (κ3) is 5.97. The lowest BCUT2D eigenvalue weighted by Gasteiger charge is -2.33. The quantitative estimate of drug-likeness (QED) is 0.524. The van der Waals surface area contributed by atoms with E-state index in [0.717, 1.165) is 55.5 Å². The van der Waals surface area contributed by atoms with E-state index < -0.39 is 0 Å². The minimum Gasteiger partial charge on any atom is -0.363 e. The number of piperazine rings is 1. The first-order valence-electron chi connectivity index (χ1n) is 9.23. The molecule has 25 heavy (non-hydrogen) atoms. The fourth-order valence-electron chi connectivity index (χ4n) is 2.99. The van der Waals surface area contributed by atoms with Crippen molar-refractivity contribution in [2.45, 2.75) is 33.6 Å². The van der Waals surface area contributed by atoms with Gasteiger partial charge in [-0.3, -0.25) is 4.79 Å². The van der Waals surface area contributed by atoms with Crippen LogP contribution in [-0.4, -0.2) is 55.2 Å². The molecule has 0 unspecified atom stereocenters. The second-order valence-corrected chi connectivity index (χ2v) is 7.18. The van der Waals surface area contributed by atoms with Crippen molar-refractivity contribution in [1.82, 2.24) is 10.2 Å². The summed E-state index contributed by atoms with van der Waals surface area (Å²) in [5.74, 6) is 0.0841. The number of unbranched alkanes of at least 4 members (excludes halogenated alkanes) is 1. The molecule has 6 heteroatoms. The van der Waals surface area contributed by atoms with Gasteiger partial charge in [-0.25, -0.2) is 0 Å². The van der Waals surface area contributed by atoms with Crippen molar-refractivity contribution in [3.8, 4) is 0 Å². The molecule has 1 aromatic carbocycles. The Balaban J connectivity index is 1.75. The summed E-state index contributed by atoms with van der Waals surface area (Å²) in [7, 11) is 0. The van der Waals surface area contributed by atoms with E-state index in [2.05, 4.69) is 35.4 Å². The molecule has 0 atom stereocenters. The summed E-state index contributed by atoms with van der Waals surface area (Å²) in [6, 6.07) is 6.01. The number of thiocarbonyl (C=S) groups is 1. The van der Waals surface area contributed by atoms with Crippen molar-refractivity contribution >= 4 is 28.9 Å². The van der Waals surface area contributed by atoms with E-state index in [0.29, 0.717) is 6.54 Å². The second-order valence-electron chi connectivity index (χ2n) is 6.79. The van der Waals surface area contributed by atoms with Crippen LogP contribution in [0.1, 0.15) is 30.9 Å². The van der Waals surface area contributed by atoms with Gasteiger partial charge in [-0.1, -0.05) is 25.5 Å². The van der Waals surface area contributed by atoms with Gasteiger partial charge in [-0.2, -0.15) is 0 Å². The molecule has 1 amide bonds. The summed E-state index contributed by atoms with van der Waals surface area (Å²) < 4.78 is 0. The highest BCUT2D eigenvalue weighted by molar-refractivity contribution is 7.80. The summed E-state index contributed by atoms with van der Waals surface area (Å²) in [4.78, 5) is 15.9. The fourth-order valence-corrected chi connectivity index (χ4v) is 3.28. The maximum atomic E-state index is 12.4. The van der Waals surface area contributed by atoms with Crippen LogP contribution in [0.5, 0.6) is 0 Å². The Morgan fingerprint density at radius 2 is 2.00 bits per heavy atom. The van der Waals surface area contributed by atoms with Crippen LogP contribution in [0.15, 0.2) is 18.2 Å².